The smallest absolute Gasteiger partial charge is 0.0900 e. The van der Waals surface area contributed by atoms with Crippen LogP contribution in [0.25, 0.3) is 0 Å². The van der Waals surface area contributed by atoms with Gasteiger partial charge in [-0.15, -0.1) is 0 Å². The van der Waals surface area contributed by atoms with E-state index in [0.29, 0.717) is 13.2 Å². The number of aliphatic hydroxyl groups is 2. The SMILES string of the molecule is COCC(O)CN1CCCCC1CO. The Bertz CT molecular complexity index is 154. The highest BCUT2D eigenvalue weighted by molar-refractivity contribution is 4.78. The maximum atomic E-state index is 9.57. The van der Waals surface area contributed by atoms with Gasteiger partial charge in [0.15, 0.2) is 0 Å². The highest BCUT2D eigenvalue weighted by Gasteiger charge is 2.23. The van der Waals surface area contributed by atoms with Gasteiger partial charge in [-0.2, -0.15) is 0 Å². The minimum Gasteiger partial charge on any atom is -0.395 e. The number of piperidine rings is 1. The summed E-state index contributed by atoms with van der Waals surface area (Å²) in [6.45, 7) is 2.15. The molecule has 1 rings (SSSR count). The first kappa shape index (κ1) is 11.9. The molecule has 0 aromatic carbocycles. The predicted octanol–water partition coefficient (Wildman–Crippen LogP) is -0.160. The Morgan fingerprint density at radius 3 is 2.93 bits per heavy atom. The topological polar surface area (TPSA) is 52.9 Å². The molecule has 1 saturated heterocycles. The third-order valence-electron chi connectivity index (χ3n) is 2.76. The van der Waals surface area contributed by atoms with Crippen molar-refractivity contribution in [3.63, 3.8) is 0 Å². The highest BCUT2D eigenvalue weighted by atomic mass is 16.5. The Morgan fingerprint density at radius 1 is 1.50 bits per heavy atom. The summed E-state index contributed by atoms with van der Waals surface area (Å²) >= 11 is 0. The molecule has 2 unspecified atom stereocenters. The van der Waals surface area contributed by atoms with Gasteiger partial charge in [0.25, 0.3) is 0 Å². The van der Waals surface area contributed by atoms with Crippen LogP contribution < -0.4 is 0 Å². The second-order valence-corrected chi connectivity index (χ2v) is 3.94. The molecule has 0 aromatic rings. The summed E-state index contributed by atoms with van der Waals surface area (Å²) in [6, 6.07) is 0.232. The Labute approximate surface area is 85.5 Å². The zero-order chi connectivity index (χ0) is 10.4. The molecule has 0 saturated carbocycles. The molecular weight excluding hydrogens is 182 g/mol. The lowest BCUT2D eigenvalue weighted by Gasteiger charge is -2.35. The Hall–Kier alpha value is -0.160. The molecule has 1 heterocycles. The molecule has 0 spiro atoms. The number of likely N-dealkylation sites (tertiary alicyclic amines) is 1. The van der Waals surface area contributed by atoms with Crippen molar-refractivity contribution < 1.29 is 14.9 Å². The number of ether oxygens (including phenoxy) is 1. The van der Waals surface area contributed by atoms with Crippen molar-refractivity contribution in [1.29, 1.82) is 0 Å². The summed E-state index contributed by atoms with van der Waals surface area (Å²) in [5, 5.41) is 18.7. The van der Waals surface area contributed by atoms with Crippen LogP contribution in [0.5, 0.6) is 0 Å². The number of rotatable bonds is 5. The van der Waals surface area contributed by atoms with Crippen LogP contribution in [0.2, 0.25) is 0 Å². The van der Waals surface area contributed by atoms with E-state index in [2.05, 4.69) is 4.90 Å². The van der Waals surface area contributed by atoms with Crippen molar-refractivity contribution in [2.24, 2.45) is 0 Å². The van der Waals surface area contributed by atoms with Crippen molar-refractivity contribution in [2.45, 2.75) is 31.4 Å². The molecule has 2 atom stereocenters. The van der Waals surface area contributed by atoms with Crippen LogP contribution in [0.1, 0.15) is 19.3 Å². The molecule has 84 valence electrons. The van der Waals surface area contributed by atoms with E-state index in [0.717, 1.165) is 19.4 Å². The van der Waals surface area contributed by atoms with Gasteiger partial charge in [0.05, 0.1) is 19.3 Å². The molecule has 0 amide bonds. The Balaban J connectivity index is 2.32. The van der Waals surface area contributed by atoms with Crippen molar-refractivity contribution in [2.75, 3.05) is 33.4 Å². The summed E-state index contributed by atoms with van der Waals surface area (Å²) in [5.74, 6) is 0. The fourth-order valence-corrected chi connectivity index (χ4v) is 2.02. The molecule has 4 nitrogen and oxygen atoms in total. The van der Waals surface area contributed by atoms with Crippen molar-refractivity contribution in [3.05, 3.63) is 0 Å². The van der Waals surface area contributed by atoms with Crippen molar-refractivity contribution in [1.82, 2.24) is 4.90 Å². The van der Waals surface area contributed by atoms with Gasteiger partial charge in [0.2, 0.25) is 0 Å². The van der Waals surface area contributed by atoms with E-state index in [-0.39, 0.29) is 12.6 Å². The average Bonchev–Trinajstić information content (AvgIpc) is 2.19. The lowest BCUT2D eigenvalue weighted by Crippen LogP contribution is -2.46. The fourth-order valence-electron chi connectivity index (χ4n) is 2.02. The average molecular weight is 203 g/mol. The van der Waals surface area contributed by atoms with Crippen LogP contribution in [0.4, 0.5) is 0 Å². The molecule has 14 heavy (non-hydrogen) atoms. The lowest BCUT2D eigenvalue weighted by atomic mass is 10.0. The monoisotopic (exact) mass is 203 g/mol. The molecule has 0 aromatic heterocycles. The lowest BCUT2D eigenvalue weighted by molar-refractivity contribution is 0.00686. The van der Waals surface area contributed by atoms with Gasteiger partial charge in [-0.25, -0.2) is 0 Å². The minimum absolute atomic E-state index is 0.194. The third-order valence-corrected chi connectivity index (χ3v) is 2.76. The number of β-amino-alcohol motifs (C(OH)–C–C–N with tert-alkyl or cyclic N) is 1. The van der Waals surface area contributed by atoms with Crippen LogP contribution in [0, 0.1) is 0 Å². The van der Waals surface area contributed by atoms with Gasteiger partial charge in [-0.1, -0.05) is 6.42 Å². The largest absolute Gasteiger partial charge is 0.395 e. The van der Waals surface area contributed by atoms with Gasteiger partial charge in [-0.3, -0.25) is 4.90 Å². The quantitative estimate of drug-likeness (QED) is 0.652. The number of aliphatic hydroxyl groups excluding tert-OH is 2. The highest BCUT2D eigenvalue weighted by Crippen LogP contribution is 2.16. The van der Waals surface area contributed by atoms with Gasteiger partial charge in [0.1, 0.15) is 0 Å². The van der Waals surface area contributed by atoms with E-state index < -0.39 is 6.10 Å². The van der Waals surface area contributed by atoms with Crippen LogP contribution >= 0.6 is 0 Å². The summed E-state index contributed by atoms with van der Waals surface area (Å²) in [7, 11) is 1.59. The second kappa shape index (κ2) is 6.35. The van der Waals surface area contributed by atoms with E-state index in [4.69, 9.17) is 9.84 Å². The van der Waals surface area contributed by atoms with Gasteiger partial charge in [0, 0.05) is 19.7 Å². The van der Waals surface area contributed by atoms with Crippen LogP contribution in [0.3, 0.4) is 0 Å². The summed E-state index contributed by atoms with van der Waals surface area (Å²) in [4.78, 5) is 2.16. The molecule has 0 bridgehead atoms. The molecule has 2 N–H and O–H groups in total. The van der Waals surface area contributed by atoms with Gasteiger partial charge >= 0.3 is 0 Å². The van der Waals surface area contributed by atoms with E-state index in [1.54, 1.807) is 7.11 Å². The second-order valence-electron chi connectivity index (χ2n) is 3.94. The van der Waals surface area contributed by atoms with Crippen molar-refractivity contribution >= 4 is 0 Å². The first-order valence-electron chi connectivity index (χ1n) is 5.29. The third kappa shape index (κ3) is 3.53. The maximum Gasteiger partial charge on any atom is 0.0900 e. The molecule has 0 radical (unpaired) electrons. The van der Waals surface area contributed by atoms with Crippen LogP contribution in [-0.2, 0) is 4.74 Å². The molecular formula is C10H21NO3. The van der Waals surface area contributed by atoms with Crippen LogP contribution in [-0.4, -0.2) is 60.7 Å². The molecule has 0 aliphatic carbocycles. The minimum atomic E-state index is -0.438. The summed E-state index contributed by atoms with van der Waals surface area (Å²) in [5.41, 5.74) is 0. The predicted molar refractivity (Wildman–Crippen MR) is 54.2 cm³/mol. The van der Waals surface area contributed by atoms with E-state index in [9.17, 15) is 5.11 Å². The number of nitrogens with zero attached hydrogens (tertiary/aromatic N) is 1. The number of hydrogen-bond acceptors (Lipinski definition) is 4. The van der Waals surface area contributed by atoms with Crippen LogP contribution in [0.15, 0.2) is 0 Å². The number of hydrogen-bond donors (Lipinski definition) is 2. The standard InChI is InChI=1S/C10H21NO3/c1-14-8-10(13)6-11-5-3-2-4-9(11)7-12/h9-10,12-13H,2-8H2,1H3. The first-order valence-corrected chi connectivity index (χ1v) is 5.29. The van der Waals surface area contributed by atoms with Crippen molar-refractivity contribution in [3.8, 4) is 0 Å². The van der Waals surface area contributed by atoms with Gasteiger partial charge < -0.3 is 14.9 Å². The first-order chi connectivity index (χ1) is 6.77. The fraction of sp³-hybridized carbons (Fsp3) is 1.00. The zero-order valence-corrected chi connectivity index (χ0v) is 8.85. The summed E-state index contributed by atoms with van der Waals surface area (Å²) < 4.78 is 4.87. The van der Waals surface area contributed by atoms with E-state index >= 15 is 0 Å². The van der Waals surface area contributed by atoms with E-state index in [1.807, 2.05) is 0 Å². The van der Waals surface area contributed by atoms with E-state index in [1.165, 1.54) is 6.42 Å². The number of methoxy groups -OCH3 is 1. The molecule has 4 heteroatoms. The molecule has 1 aliphatic heterocycles. The zero-order valence-electron chi connectivity index (χ0n) is 8.85. The summed E-state index contributed by atoms with van der Waals surface area (Å²) in [6.07, 6.45) is 2.95. The Kier molecular flexibility index (Phi) is 5.40. The normalized spacial score (nSPS) is 26.4. The molecule has 1 fully saturated rings. The molecule has 1 aliphatic rings. The Morgan fingerprint density at radius 2 is 2.29 bits per heavy atom. The maximum absolute atomic E-state index is 9.57. The van der Waals surface area contributed by atoms with Gasteiger partial charge in [-0.05, 0) is 19.4 Å².